The Bertz CT molecular complexity index is 3250. The van der Waals surface area contributed by atoms with Crippen LogP contribution in [0.25, 0.3) is 44.6 Å². The zero-order valence-corrected chi connectivity index (χ0v) is 36.1. The van der Waals surface area contributed by atoms with Gasteiger partial charge in [-0.15, -0.1) is 10.2 Å². The van der Waals surface area contributed by atoms with E-state index in [1.807, 2.05) is 24.3 Å². The molecule has 4 heterocycles. The lowest BCUT2D eigenvalue weighted by molar-refractivity contribution is -0.142. The Morgan fingerprint density at radius 2 is 1.15 bits per heavy atom. The van der Waals surface area contributed by atoms with Gasteiger partial charge in [0.2, 0.25) is 11.8 Å². The molecule has 22 heteroatoms. The van der Waals surface area contributed by atoms with Gasteiger partial charge in [0.15, 0.2) is 11.6 Å². The van der Waals surface area contributed by atoms with E-state index in [1.54, 1.807) is 66.7 Å². The van der Waals surface area contributed by atoms with Crippen molar-refractivity contribution in [1.82, 2.24) is 51.2 Å². The highest BCUT2D eigenvalue weighted by molar-refractivity contribution is 6.12. The third kappa shape index (κ3) is 10.5. The predicted octanol–water partition coefficient (Wildman–Crippen LogP) is 6.35. The molecule has 8 N–H and O–H groups in total. The molecule has 9 rings (SSSR count). The van der Waals surface area contributed by atoms with Crippen LogP contribution in [0.15, 0.2) is 84.9 Å². The summed E-state index contributed by atoms with van der Waals surface area (Å²) in [4.78, 5) is 68.1. The van der Waals surface area contributed by atoms with Crippen molar-refractivity contribution in [3.63, 3.8) is 0 Å². The lowest BCUT2D eigenvalue weighted by Crippen LogP contribution is -2.17. The summed E-state index contributed by atoms with van der Waals surface area (Å²) in [6.07, 6.45) is 5.92. The Balaban J connectivity index is 0.000000184. The molecular weight excluding hydrogens is 873 g/mol. The van der Waals surface area contributed by atoms with Gasteiger partial charge in [-0.05, 0) is 93.9 Å². The van der Waals surface area contributed by atoms with Crippen molar-refractivity contribution in [3.8, 4) is 34.9 Å². The zero-order chi connectivity index (χ0) is 47.6. The molecule has 0 atom stereocenters. The first-order valence-electron chi connectivity index (χ1n) is 21.2. The van der Waals surface area contributed by atoms with Gasteiger partial charge < -0.3 is 36.0 Å². The van der Waals surface area contributed by atoms with Crippen molar-refractivity contribution in [3.05, 3.63) is 107 Å². The minimum atomic E-state index is -0.661. The second-order valence-corrected chi connectivity index (χ2v) is 15.6. The number of amides is 4. The maximum atomic E-state index is 13.1. The van der Waals surface area contributed by atoms with Gasteiger partial charge >= 0.3 is 5.97 Å². The summed E-state index contributed by atoms with van der Waals surface area (Å²) in [5, 5.41) is 58.4. The molecule has 1 aliphatic carbocycles. The molecule has 1 saturated carbocycles. The monoisotopic (exact) mass is 912 g/mol. The van der Waals surface area contributed by atoms with E-state index in [4.69, 9.17) is 0 Å². The molecule has 8 aromatic rings. The first-order chi connectivity index (χ1) is 33.1. The fourth-order valence-corrected chi connectivity index (χ4v) is 7.77. The molecule has 0 bridgehead atoms. The number of rotatable bonds is 13. The molecule has 22 nitrogen and oxygen atoms in total. The van der Waals surface area contributed by atoms with E-state index in [0.717, 1.165) is 11.8 Å². The number of carbonyl (C=O) groups is 5. The van der Waals surface area contributed by atoms with Crippen molar-refractivity contribution in [2.24, 2.45) is 5.92 Å². The highest BCUT2D eigenvalue weighted by atomic mass is 16.5. The Hall–Kier alpha value is -9.57. The van der Waals surface area contributed by atoms with Gasteiger partial charge in [-0.25, -0.2) is 10.2 Å². The van der Waals surface area contributed by atoms with Crippen LogP contribution < -0.4 is 21.3 Å². The number of anilines is 4. The van der Waals surface area contributed by atoms with Crippen molar-refractivity contribution >= 4 is 74.2 Å². The van der Waals surface area contributed by atoms with Gasteiger partial charge in [0.05, 0.1) is 64.2 Å². The largest absolute Gasteiger partial charge is 0.469 e. The second-order valence-electron chi connectivity index (χ2n) is 15.6. The highest BCUT2D eigenvalue weighted by Gasteiger charge is 2.21. The molecule has 1 aliphatic rings. The van der Waals surface area contributed by atoms with E-state index < -0.39 is 24.2 Å². The average molecular weight is 913 g/mol. The second kappa shape index (κ2) is 20.5. The summed E-state index contributed by atoms with van der Waals surface area (Å²) in [5.74, 6) is -0.796. The van der Waals surface area contributed by atoms with Crippen molar-refractivity contribution < 1.29 is 28.7 Å². The molecule has 4 aromatic carbocycles. The summed E-state index contributed by atoms with van der Waals surface area (Å²) in [7, 11) is 1.20. The van der Waals surface area contributed by atoms with Gasteiger partial charge in [-0.2, -0.15) is 10.5 Å². The molecule has 340 valence electrons. The normalized spacial score (nSPS) is 12.0. The number of nitrogens with one attached hydrogen (secondary N) is 8. The zero-order valence-electron chi connectivity index (χ0n) is 36.1. The minimum absolute atomic E-state index is 0.0205. The third-order valence-electron chi connectivity index (χ3n) is 11.1. The van der Waals surface area contributed by atoms with Crippen LogP contribution in [0.5, 0.6) is 0 Å². The number of benzene rings is 4. The van der Waals surface area contributed by atoms with E-state index >= 15 is 0 Å². The third-order valence-corrected chi connectivity index (χ3v) is 11.1. The molecule has 0 aliphatic heterocycles. The van der Waals surface area contributed by atoms with E-state index in [0.29, 0.717) is 85.3 Å². The summed E-state index contributed by atoms with van der Waals surface area (Å²) in [6.45, 7) is 0. The van der Waals surface area contributed by atoms with Crippen molar-refractivity contribution in [2.45, 2.75) is 44.9 Å². The lowest BCUT2D eigenvalue weighted by Gasteiger charge is -2.10. The van der Waals surface area contributed by atoms with E-state index in [-0.39, 0.29) is 23.3 Å². The van der Waals surface area contributed by atoms with Crippen LogP contribution in [0.2, 0.25) is 0 Å². The number of fused-ring (bicyclic) bond motifs is 2. The number of methoxy groups -OCH3 is 1. The first kappa shape index (κ1) is 45.0. The number of nitrogens with zero attached hydrogens (tertiary/aromatic N) is 8. The van der Waals surface area contributed by atoms with Crippen molar-refractivity contribution in [2.75, 3.05) is 28.4 Å². The SMILES string of the molecule is COC(=O)CC(=O)Nc1cccc2cc(C(=O)Nc3ccc(C#N)cc3-c3nnn[nH]3)[nH]c12.N#Cc1ccc(NC(=O)c2cc3cccc(NC(=O)CCC4CCCC4)c3[nH]2)c(-c2nnn[nH]2)c1. The Morgan fingerprint density at radius 1 is 0.647 bits per heavy atom. The molecular formula is C46H40N16O6. The number of H-pyrrole nitrogens is 4. The number of nitriles is 2. The van der Waals surface area contributed by atoms with Crippen LogP contribution in [-0.4, -0.2) is 87.9 Å². The summed E-state index contributed by atoms with van der Waals surface area (Å²) in [5.41, 5.74) is 5.38. The molecule has 0 radical (unpaired) electrons. The smallest absolute Gasteiger partial charge is 0.315 e. The van der Waals surface area contributed by atoms with Gasteiger partial charge in [-0.3, -0.25) is 24.0 Å². The number of hydrogen-bond donors (Lipinski definition) is 8. The number of ether oxygens (including phenoxy) is 1. The van der Waals surface area contributed by atoms with E-state index in [1.165, 1.54) is 32.8 Å². The molecule has 1 fully saturated rings. The number of esters is 1. The molecule has 68 heavy (non-hydrogen) atoms. The fraction of sp³-hybridized carbons (Fsp3) is 0.196. The maximum Gasteiger partial charge on any atom is 0.315 e. The Labute approximate surface area is 385 Å². The van der Waals surface area contributed by atoms with Crippen LogP contribution in [0.1, 0.15) is 77.0 Å². The molecule has 0 unspecified atom stereocenters. The van der Waals surface area contributed by atoms with Gasteiger partial charge in [-0.1, -0.05) is 49.9 Å². The topological polar surface area (TPSA) is 331 Å². The number of hydrogen-bond acceptors (Lipinski definition) is 14. The van der Waals surface area contributed by atoms with E-state index in [2.05, 4.69) is 83.3 Å². The van der Waals surface area contributed by atoms with Crippen LogP contribution in [-0.2, 0) is 19.1 Å². The van der Waals surface area contributed by atoms with Crippen LogP contribution >= 0.6 is 0 Å². The number of tetrazole rings is 2. The minimum Gasteiger partial charge on any atom is -0.469 e. The van der Waals surface area contributed by atoms with Crippen LogP contribution in [0.3, 0.4) is 0 Å². The van der Waals surface area contributed by atoms with Gasteiger partial charge in [0, 0.05) is 28.3 Å². The van der Waals surface area contributed by atoms with Crippen LogP contribution in [0, 0.1) is 28.6 Å². The first-order valence-corrected chi connectivity index (χ1v) is 21.2. The molecule has 0 saturated heterocycles. The number of carbonyl (C=O) groups excluding carboxylic acids is 5. The number of aromatic amines is 4. The summed E-state index contributed by atoms with van der Waals surface area (Å²) < 4.78 is 4.50. The lowest BCUT2D eigenvalue weighted by atomic mass is 10.0. The number of aromatic nitrogens is 10. The summed E-state index contributed by atoms with van der Waals surface area (Å²) in [6, 6.07) is 27.7. The van der Waals surface area contributed by atoms with Gasteiger partial charge in [0.1, 0.15) is 17.8 Å². The standard InChI is InChI=1S/C25H24N8O2.C21H16N8O4/c26-14-16-8-10-19(18(12-16)24-30-32-33-31-24)29-25(35)21-13-17-6-3-7-20(23(17)28-21)27-22(34)11-9-15-4-1-2-5-15;1-33-18(31)9-17(30)23-15-4-2-3-12-8-16(24-19(12)15)21(32)25-14-6-5-11(10-22)7-13(14)20-26-28-29-27-20/h3,6-8,10,12-13,15,28H,1-2,4-5,9,11H2,(H,27,34)(H,29,35)(H,30,31,32,33);2-8,24H,9H2,1H3,(H,23,30)(H,25,32)(H,26,27,28,29). The van der Waals surface area contributed by atoms with Gasteiger partial charge in [0.25, 0.3) is 11.8 Å². The molecule has 4 aromatic heterocycles. The van der Waals surface area contributed by atoms with Crippen LogP contribution in [0.4, 0.5) is 22.7 Å². The summed E-state index contributed by atoms with van der Waals surface area (Å²) >= 11 is 0. The van der Waals surface area contributed by atoms with E-state index in [9.17, 15) is 34.5 Å². The fourth-order valence-electron chi connectivity index (χ4n) is 7.77. The predicted molar refractivity (Wildman–Crippen MR) is 246 cm³/mol. The maximum absolute atomic E-state index is 13.1. The Morgan fingerprint density at radius 3 is 1.60 bits per heavy atom. The average Bonchev–Trinajstić information content (AvgIpc) is 4.22. The number of para-hydroxylation sites is 2. The quantitative estimate of drug-likeness (QED) is 0.0461. The molecule has 0 spiro atoms. The molecule has 4 amide bonds. The van der Waals surface area contributed by atoms with Crippen molar-refractivity contribution in [1.29, 1.82) is 10.5 Å². The Kier molecular flexibility index (Phi) is 13.6. The highest BCUT2D eigenvalue weighted by Crippen LogP contribution is 2.32.